The molecule has 10 heteroatoms. The maximum atomic E-state index is 11.8. The van der Waals surface area contributed by atoms with E-state index in [1.165, 1.54) is 0 Å². The summed E-state index contributed by atoms with van der Waals surface area (Å²) in [5, 5.41) is 4.73. The molecule has 0 saturated carbocycles. The summed E-state index contributed by atoms with van der Waals surface area (Å²) in [6.07, 6.45) is 2.92. The zero-order chi connectivity index (χ0) is 27.2. The first-order valence-electron chi connectivity index (χ1n) is 12.1. The van der Waals surface area contributed by atoms with Crippen molar-refractivity contribution in [3.8, 4) is 5.69 Å². The van der Waals surface area contributed by atoms with E-state index in [0.717, 1.165) is 45.8 Å². The van der Waals surface area contributed by atoms with Crippen LogP contribution in [-0.4, -0.2) is 29.3 Å². The number of nitrogens with zero attached hydrogens (tertiary/aromatic N) is 3. The quantitative estimate of drug-likeness (QED) is 0.279. The Kier molecular flexibility index (Phi) is 6.94. The van der Waals surface area contributed by atoms with Crippen molar-refractivity contribution in [2.45, 2.75) is 32.9 Å². The second-order valence-corrected chi connectivity index (χ2v) is 12.0. The van der Waals surface area contributed by atoms with E-state index in [-0.39, 0.29) is 12.1 Å². The maximum absolute atomic E-state index is 11.8. The van der Waals surface area contributed by atoms with Gasteiger partial charge in [0.1, 0.15) is 0 Å². The number of aromatic nitrogens is 2. The molecule has 0 aliphatic carbocycles. The van der Waals surface area contributed by atoms with E-state index in [1.807, 2.05) is 61.5 Å². The van der Waals surface area contributed by atoms with E-state index in [9.17, 15) is 8.42 Å². The van der Waals surface area contributed by atoms with Gasteiger partial charge in [0.25, 0.3) is 0 Å². The van der Waals surface area contributed by atoms with Crippen LogP contribution in [0.25, 0.3) is 5.69 Å². The SMILES string of the molecule is Cc1cc(N2C(=S)N[C@H](c3ccccn3)[C@H]2c2cc(C)n(-c3ccccc3Cl)c2C)ccc1NS(C)(=O)=O. The molecule has 1 saturated heterocycles. The third kappa shape index (κ3) is 4.89. The maximum Gasteiger partial charge on any atom is 0.229 e. The summed E-state index contributed by atoms with van der Waals surface area (Å²) in [5.74, 6) is 0. The topological polar surface area (TPSA) is 79.3 Å². The standard InChI is InChI=1S/C28H28ClN5O2S2/c1-17-15-20(12-13-23(17)32-38(4,35)36)34-27(26(31-28(34)37)24-10-7-8-14-30-24)21-16-18(2)33(19(21)3)25-11-6-5-9-22(25)29/h5-16,26-27,32H,1-4H3,(H,31,37)/t26-,27-/m1/s1. The number of halogens is 1. The van der Waals surface area contributed by atoms with Crippen LogP contribution in [0.3, 0.4) is 0 Å². The minimum absolute atomic E-state index is 0.210. The van der Waals surface area contributed by atoms with Gasteiger partial charge in [-0.2, -0.15) is 0 Å². The highest BCUT2D eigenvalue weighted by molar-refractivity contribution is 7.92. The van der Waals surface area contributed by atoms with Crippen molar-refractivity contribution in [2.75, 3.05) is 15.9 Å². The van der Waals surface area contributed by atoms with Crippen LogP contribution in [0.4, 0.5) is 11.4 Å². The van der Waals surface area contributed by atoms with Crippen molar-refractivity contribution in [1.29, 1.82) is 0 Å². The number of nitrogens with one attached hydrogen (secondary N) is 2. The van der Waals surface area contributed by atoms with Crippen molar-refractivity contribution in [1.82, 2.24) is 14.9 Å². The molecular formula is C28H28ClN5O2S2. The molecule has 1 aliphatic heterocycles. The molecule has 2 aromatic carbocycles. The normalized spacial score (nSPS) is 17.5. The molecule has 3 heterocycles. The van der Waals surface area contributed by atoms with E-state index in [0.29, 0.717) is 15.8 Å². The van der Waals surface area contributed by atoms with Gasteiger partial charge in [-0.15, -0.1) is 0 Å². The molecule has 0 bridgehead atoms. The first-order valence-corrected chi connectivity index (χ1v) is 14.8. The zero-order valence-corrected chi connectivity index (χ0v) is 23.8. The summed E-state index contributed by atoms with van der Waals surface area (Å²) >= 11 is 12.5. The molecule has 7 nitrogen and oxygen atoms in total. The molecule has 196 valence electrons. The number of pyridine rings is 1. The van der Waals surface area contributed by atoms with Crippen LogP contribution in [-0.2, 0) is 10.0 Å². The van der Waals surface area contributed by atoms with Crippen LogP contribution < -0.4 is 14.9 Å². The van der Waals surface area contributed by atoms with E-state index >= 15 is 0 Å². The third-order valence-electron chi connectivity index (χ3n) is 6.76. The molecule has 1 aliphatic rings. The zero-order valence-electron chi connectivity index (χ0n) is 21.4. The van der Waals surface area contributed by atoms with Crippen molar-refractivity contribution in [2.24, 2.45) is 0 Å². The second kappa shape index (κ2) is 10.1. The molecule has 2 atom stereocenters. The number of thiocarbonyl (C=S) groups is 1. The highest BCUT2D eigenvalue weighted by atomic mass is 35.5. The average Bonchev–Trinajstić information content (AvgIpc) is 3.36. The van der Waals surface area contributed by atoms with Gasteiger partial charge < -0.3 is 14.8 Å². The van der Waals surface area contributed by atoms with Gasteiger partial charge in [0, 0.05) is 23.3 Å². The van der Waals surface area contributed by atoms with Crippen LogP contribution in [0.2, 0.25) is 5.02 Å². The Balaban J connectivity index is 1.66. The monoisotopic (exact) mass is 565 g/mol. The summed E-state index contributed by atoms with van der Waals surface area (Å²) < 4.78 is 28.4. The molecule has 2 aromatic heterocycles. The average molecular weight is 566 g/mol. The minimum atomic E-state index is -3.40. The minimum Gasteiger partial charge on any atom is -0.351 e. The Morgan fingerprint density at radius 1 is 1.03 bits per heavy atom. The van der Waals surface area contributed by atoms with Gasteiger partial charge in [-0.1, -0.05) is 29.8 Å². The number of hydrogen-bond acceptors (Lipinski definition) is 4. The number of hydrogen-bond donors (Lipinski definition) is 2. The molecule has 1 fully saturated rings. The van der Waals surface area contributed by atoms with Crippen LogP contribution in [0, 0.1) is 20.8 Å². The lowest BCUT2D eigenvalue weighted by Crippen LogP contribution is -2.29. The molecular weight excluding hydrogens is 538 g/mol. The predicted octanol–water partition coefficient (Wildman–Crippen LogP) is 6.00. The molecule has 0 spiro atoms. The lowest BCUT2D eigenvalue weighted by molar-refractivity contribution is 0.565. The van der Waals surface area contributed by atoms with E-state index < -0.39 is 10.0 Å². The number of sulfonamides is 1. The van der Waals surface area contributed by atoms with Crippen LogP contribution in [0.15, 0.2) is 72.9 Å². The largest absolute Gasteiger partial charge is 0.351 e. The highest BCUT2D eigenvalue weighted by Gasteiger charge is 2.42. The fourth-order valence-corrected chi connectivity index (χ4v) is 6.35. The van der Waals surface area contributed by atoms with Gasteiger partial charge in [-0.05, 0) is 92.6 Å². The Bertz CT molecular complexity index is 1640. The Morgan fingerprint density at radius 3 is 2.42 bits per heavy atom. The number of rotatable bonds is 6. The molecule has 5 rings (SSSR count). The predicted molar refractivity (Wildman–Crippen MR) is 158 cm³/mol. The third-order valence-corrected chi connectivity index (χ3v) is 7.99. The van der Waals surface area contributed by atoms with Crippen molar-refractivity contribution >= 4 is 50.3 Å². The first kappa shape index (κ1) is 26.2. The number of benzene rings is 2. The van der Waals surface area contributed by atoms with Gasteiger partial charge in [0.15, 0.2) is 5.11 Å². The summed E-state index contributed by atoms with van der Waals surface area (Å²) in [4.78, 5) is 6.74. The summed E-state index contributed by atoms with van der Waals surface area (Å²) in [6, 6.07) is 21.0. The number of para-hydroxylation sites is 1. The van der Waals surface area contributed by atoms with Gasteiger partial charge >= 0.3 is 0 Å². The molecule has 0 unspecified atom stereocenters. The number of anilines is 2. The molecule has 4 aromatic rings. The van der Waals surface area contributed by atoms with Crippen LogP contribution in [0.1, 0.15) is 40.3 Å². The van der Waals surface area contributed by atoms with E-state index in [2.05, 4.69) is 44.4 Å². The van der Waals surface area contributed by atoms with Crippen molar-refractivity contribution in [3.63, 3.8) is 0 Å². The number of aryl methyl sites for hydroxylation is 2. The fourth-order valence-electron chi connectivity index (χ4n) is 5.15. The smallest absolute Gasteiger partial charge is 0.229 e. The van der Waals surface area contributed by atoms with E-state index in [1.54, 1.807) is 12.3 Å². The second-order valence-electron chi connectivity index (χ2n) is 9.48. The molecule has 0 amide bonds. The van der Waals surface area contributed by atoms with E-state index in [4.69, 9.17) is 23.8 Å². The summed E-state index contributed by atoms with van der Waals surface area (Å²) in [5.41, 5.74) is 7.14. The van der Waals surface area contributed by atoms with Gasteiger partial charge in [-0.25, -0.2) is 8.42 Å². The van der Waals surface area contributed by atoms with Gasteiger partial charge in [-0.3, -0.25) is 9.71 Å². The first-order chi connectivity index (χ1) is 18.0. The lowest BCUT2D eigenvalue weighted by atomic mass is 9.96. The lowest BCUT2D eigenvalue weighted by Gasteiger charge is -2.29. The van der Waals surface area contributed by atoms with Gasteiger partial charge in [0.2, 0.25) is 10.0 Å². The van der Waals surface area contributed by atoms with Crippen LogP contribution >= 0.6 is 23.8 Å². The molecule has 2 N–H and O–H groups in total. The Hall–Kier alpha value is -3.40. The van der Waals surface area contributed by atoms with Crippen molar-refractivity contribution < 1.29 is 8.42 Å². The summed E-state index contributed by atoms with van der Waals surface area (Å²) in [6.45, 7) is 6.03. The fraction of sp³-hybridized carbons (Fsp3) is 0.214. The highest BCUT2D eigenvalue weighted by Crippen LogP contribution is 2.44. The Labute approximate surface area is 233 Å². The van der Waals surface area contributed by atoms with Gasteiger partial charge in [0.05, 0.1) is 40.4 Å². The summed E-state index contributed by atoms with van der Waals surface area (Å²) in [7, 11) is -3.40. The van der Waals surface area contributed by atoms with Crippen LogP contribution in [0.5, 0.6) is 0 Å². The Morgan fingerprint density at radius 2 is 1.76 bits per heavy atom. The molecule has 0 radical (unpaired) electrons. The van der Waals surface area contributed by atoms with Crippen molar-refractivity contribution in [3.05, 3.63) is 106 Å². The molecule has 38 heavy (non-hydrogen) atoms.